The van der Waals surface area contributed by atoms with Gasteiger partial charge in [-0.3, -0.25) is 9.69 Å². The van der Waals surface area contributed by atoms with Gasteiger partial charge in [0.1, 0.15) is 5.75 Å². The summed E-state index contributed by atoms with van der Waals surface area (Å²) < 4.78 is 12.0. The third kappa shape index (κ3) is 10.5. The molecular weight excluding hydrogens is 640 g/mol. The lowest BCUT2D eigenvalue weighted by Crippen LogP contribution is -2.33. The van der Waals surface area contributed by atoms with Gasteiger partial charge in [-0.15, -0.1) is 0 Å². The minimum atomic E-state index is -0.622. The normalized spacial score (nSPS) is 13.7. The molecule has 1 aliphatic heterocycles. The Labute approximate surface area is 302 Å². The highest BCUT2D eigenvalue weighted by Gasteiger charge is 2.19. The Morgan fingerprint density at radius 1 is 0.941 bits per heavy atom. The second-order valence-corrected chi connectivity index (χ2v) is 13.5. The minimum absolute atomic E-state index is 0.0631. The molecule has 3 aromatic carbocycles. The molecule has 270 valence electrons. The van der Waals surface area contributed by atoms with Crippen LogP contribution in [0, 0.1) is 20.8 Å². The monoisotopic (exact) mass is 692 g/mol. The molecule has 51 heavy (non-hydrogen) atoms. The van der Waals surface area contributed by atoms with Crippen LogP contribution in [0.2, 0.25) is 0 Å². The summed E-state index contributed by atoms with van der Waals surface area (Å²) in [6, 6.07) is 20.9. The number of carbonyl (C=O) groups excluding carboxylic acids is 2. The first kappa shape index (κ1) is 37.3. The van der Waals surface area contributed by atoms with E-state index in [0.29, 0.717) is 18.0 Å². The molecule has 10 nitrogen and oxygen atoms in total. The molecule has 5 rings (SSSR count). The largest absolute Gasteiger partial charge is 0.493 e. The van der Waals surface area contributed by atoms with Gasteiger partial charge in [0.15, 0.2) is 0 Å². The van der Waals surface area contributed by atoms with Crippen LogP contribution in [0.4, 0.5) is 22.1 Å². The van der Waals surface area contributed by atoms with Gasteiger partial charge in [0.25, 0.3) is 0 Å². The molecule has 1 aliphatic rings. The van der Waals surface area contributed by atoms with E-state index in [1.54, 1.807) is 19.2 Å². The van der Waals surface area contributed by atoms with Crippen molar-refractivity contribution in [1.82, 2.24) is 20.2 Å². The van der Waals surface area contributed by atoms with Gasteiger partial charge >= 0.3 is 6.09 Å². The Morgan fingerprint density at radius 3 is 2.51 bits per heavy atom. The van der Waals surface area contributed by atoms with Crippen LogP contribution in [0.25, 0.3) is 11.3 Å². The zero-order valence-electron chi connectivity index (χ0n) is 30.9. The van der Waals surface area contributed by atoms with Crippen molar-refractivity contribution in [3.05, 3.63) is 89.0 Å². The van der Waals surface area contributed by atoms with E-state index in [1.165, 1.54) is 48.4 Å². The second-order valence-electron chi connectivity index (χ2n) is 13.5. The third-order valence-electron chi connectivity index (χ3n) is 9.61. The van der Waals surface area contributed by atoms with Gasteiger partial charge in [-0.05, 0) is 113 Å². The summed E-state index contributed by atoms with van der Waals surface area (Å²) in [4.78, 5) is 39.4. The van der Waals surface area contributed by atoms with Crippen LogP contribution in [0.5, 0.6) is 11.6 Å². The van der Waals surface area contributed by atoms with Gasteiger partial charge in [-0.1, -0.05) is 43.7 Å². The lowest BCUT2D eigenvalue weighted by molar-refractivity contribution is -0.121. The number of benzene rings is 3. The summed E-state index contributed by atoms with van der Waals surface area (Å²) >= 11 is 0. The molecule has 0 saturated carbocycles. The van der Waals surface area contributed by atoms with E-state index < -0.39 is 6.09 Å². The quantitative estimate of drug-likeness (QED) is 0.128. The van der Waals surface area contributed by atoms with E-state index in [4.69, 9.17) is 14.5 Å². The van der Waals surface area contributed by atoms with Crippen LogP contribution in [0.3, 0.4) is 0 Å². The molecule has 0 aliphatic carbocycles. The van der Waals surface area contributed by atoms with Gasteiger partial charge in [-0.25, -0.2) is 9.78 Å². The number of nitrogens with one attached hydrogen (secondary N) is 2. The first-order valence-corrected chi connectivity index (χ1v) is 18.1. The predicted molar refractivity (Wildman–Crippen MR) is 204 cm³/mol. The van der Waals surface area contributed by atoms with Crippen LogP contribution < -0.4 is 25.0 Å². The summed E-state index contributed by atoms with van der Waals surface area (Å²) in [5.41, 5.74) is 7.12. The van der Waals surface area contributed by atoms with Gasteiger partial charge in [0, 0.05) is 48.7 Å². The molecule has 4 aromatic rings. The number of nitrogens with zero attached hydrogens (tertiary/aromatic N) is 4. The predicted octanol–water partition coefficient (Wildman–Crippen LogP) is 8.16. The van der Waals surface area contributed by atoms with Crippen molar-refractivity contribution in [2.24, 2.45) is 0 Å². The maximum atomic E-state index is 13.5. The average Bonchev–Trinajstić information content (AvgIpc) is 3.12. The fraction of sp³-hybridized carbons (Fsp3) is 0.415. The molecule has 0 bridgehead atoms. The minimum Gasteiger partial charge on any atom is -0.493 e. The number of likely N-dealkylation sites (tertiary alicyclic amines) is 1. The van der Waals surface area contributed by atoms with Crippen molar-refractivity contribution >= 4 is 29.3 Å². The molecule has 10 heteroatoms. The van der Waals surface area contributed by atoms with E-state index in [-0.39, 0.29) is 30.2 Å². The highest BCUT2D eigenvalue weighted by molar-refractivity contribution is 5.89. The van der Waals surface area contributed by atoms with Gasteiger partial charge in [0.05, 0.1) is 18.7 Å². The summed E-state index contributed by atoms with van der Waals surface area (Å²) in [6.07, 6.45) is 5.32. The van der Waals surface area contributed by atoms with Crippen molar-refractivity contribution in [1.29, 1.82) is 0 Å². The van der Waals surface area contributed by atoms with E-state index in [0.717, 1.165) is 47.5 Å². The average molecular weight is 693 g/mol. The van der Waals surface area contributed by atoms with Gasteiger partial charge in [-0.2, -0.15) is 4.98 Å². The topological polar surface area (TPSA) is 109 Å². The second kappa shape index (κ2) is 17.8. The maximum Gasteiger partial charge on any atom is 0.420 e. The fourth-order valence-electron chi connectivity index (χ4n) is 6.11. The van der Waals surface area contributed by atoms with Crippen LogP contribution in [-0.4, -0.2) is 66.2 Å². The molecule has 1 fully saturated rings. The molecule has 2 amide bonds. The zero-order valence-corrected chi connectivity index (χ0v) is 30.9. The Bertz CT molecular complexity index is 1810. The van der Waals surface area contributed by atoms with E-state index in [2.05, 4.69) is 47.4 Å². The first-order valence-electron chi connectivity index (χ1n) is 18.1. The lowest BCUT2D eigenvalue weighted by atomic mass is 9.97. The highest BCUT2D eigenvalue weighted by Crippen LogP contribution is 2.30. The third-order valence-corrected chi connectivity index (χ3v) is 9.61. The van der Waals surface area contributed by atoms with Crippen LogP contribution in [0.1, 0.15) is 68.2 Å². The van der Waals surface area contributed by atoms with Crippen molar-refractivity contribution in [3.8, 4) is 22.9 Å². The van der Waals surface area contributed by atoms with Crippen molar-refractivity contribution in [2.45, 2.75) is 79.2 Å². The highest BCUT2D eigenvalue weighted by atomic mass is 16.6. The Hall–Kier alpha value is -4.96. The fourth-order valence-corrected chi connectivity index (χ4v) is 6.11. The molecule has 2 N–H and O–H groups in total. The standard InChI is InChI=1S/C41H52N6O4/c1-7-29(3)42-38(48)25-32-14-11-16-34(24-32)46(6)41(49)51-39-27-37(36-19-18-28(2)30(4)31(36)5)44-40(45-39)43-33-15-12-17-35(26-33)50-23-13-22-47-20-9-8-10-21-47/h11-12,14-19,24,26-27,29H,7-10,13,20-23,25H2,1-6H3,(H,42,48)(H,43,44,45). The molecule has 2 heterocycles. The summed E-state index contributed by atoms with van der Waals surface area (Å²) in [7, 11) is 1.63. The number of piperidine rings is 1. The maximum absolute atomic E-state index is 13.5. The molecule has 1 saturated heterocycles. The summed E-state index contributed by atoms with van der Waals surface area (Å²) in [5.74, 6) is 1.08. The molecule has 1 atom stereocenters. The lowest BCUT2D eigenvalue weighted by Gasteiger charge is -2.26. The van der Waals surface area contributed by atoms with Crippen molar-refractivity contribution < 1.29 is 19.1 Å². The number of rotatable bonds is 14. The van der Waals surface area contributed by atoms with E-state index in [9.17, 15) is 9.59 Å². The van der Waals surface area contributed by atoms with Crippen molar-refractivity contribution in [2.75, 3.05) is 43.5 Å². The number of amides is 2. The number of aromatic nitrogens is 2. The molecule has 1 unspecified atom stereocenters. The Kier molecular flexibility index (Phi) is 13.0. The zero-order chi connectivity index (χ0) is 36.3. The van der Waals surface area contributed by atoms with E-state index >= 15 is 0 Å². The smallest absolute Gasteiger partial charge is 0.420 e. The number of anilines is 3. The van der Waals surface area contributed by atoms with Crippen LogP contribution in [-0.2, 0) is 11.2 Å². The van der Waals surface area contributed by atoms with Gasteiger partial charge < -0.3 is 25.0 Å². The number of ether oxygens (including phenoxy) is 2. The summed E-state index contributed by atoms with van der Waals surface area (Å²) in [5, 5.41) is 6.29. The molecular formula is C41H52N6O4. The van der Waals surface area contributed by atoms with E-state index in [1.807, 2.05) is 62.4 Å². The number of hydrogen-bond acceptors (Lipinski definition) is 8. The van der Waals surface area contributed by atoms with Crippen LogP contribution >= 0.6 is 0 Å². The van der Waals surface area contributed by atoms with Crippen molar-refractivity contribution in [3.63, 3.8) is 0 Å². The first-order chi connectivity index (χ1) is 24.6. The number of hydrogen-bond donors (Lipinski definition) is 2. The van der Waals surface area contributed by atoms with Gasteiger partial charge in [0.2, 0.25) is 17.7 Å². The SMILES string of the molecule is CCC(C)NC(=O)Cc1cccc(N(C)C(=O)Oc2cc(-c3ccc(C)c(C)c3C)nc(Nc3cccc(OCCCN4CCCCC4)c3)n2)c1. The molecule has 1 aromatic heterocycles. The Balaban J connectivity index is 1.33. The summed E-state index contributed by atoms with van der Waals surface area (Å²) in [6.45, 7) is 14.3. The van der Waals surface area contributed by atoms with Crippen LogP contribution in [0.15, 0.2) is 66.7 Å². The Morgan fingerprint density at radius 2 is 1.73 bits per heavy atom. The molecule has 0 spiro atoms. The molecule has 0 radical (unpaired) electrons. The number of carbonyl (C=O) groups is 2. The number of aryl methyl sites for hydroxylation is 1.